The molecule has 11 nitrogen and oxygen atoms in total. The van der Waals surface area contributed by atoms with Gasteiger partial charge >= 0.3 is 12.0 Å². The van der Waals surface area contributed by atoms with Gasteiger partial charge in [-0.2, -0.15) is 5.10 Å². The molecule has 1 aliphatic rings. The van der Waals surface area contributed by atoms with Crippen molar-refractivity contribution in [2.75, 3.05) is 20.3 Å². The van der Waals surface area contributed by atoms with Gasteiger partial charge in [-0.15, -0.1) is 0 Å². The number of carbonyl (C=O) groups excluding carboxylic acids is 2. The fourth-order valence-corrected chi connectivity index (χ4v) is 3.53. The van der Waals surface area contributed by atoms with E-state index in [0.717, 1.165) is 0 Å². The number of ether oxygens (including phenoxy) is 3. The summed E-state index contributed by atoms with van der Waals surface area (Å²) in [6.07, 6.45) is 0.305. The van der Waals surface area contributed by atoms with Gasteiger partial charge in [0.25, 0.3) is 0 Å². The molecule has 4 N–H and O–H groups in total. The number of aliphatic hydroxyl groups is 1. The first kappa shape index (κ1) is 25.1. The molecule has 0 aliphatic carbocycles. The average Bonchev–Trinajstić information content (AvgIpc) is 3.22. The monoisotopic (exact) mass is 536 g/mol. The Morgan fingerprint density at radius 3 is 2.79 bits per heavy atom. The van der Waals surface area contributed by atoms with E-state index in [0.29, 0.717) is 39.8 Å². The van der Waals surface area contributed by atoms with Crippen LogP contribution in [0, 0.1) is 0 Å². The van der Waals surface area contributed by atoms with Crippen molar-refractivity contribution in [1.29, 1.82) is 0 Å². The molecule has 1 aromatic carbocycles. The Morgan fingerprint density at radius 1 is 1.32 bits per heavy atom. The van der Waals surface area contributed by atoms with Gasteiger partial charge in [-0.3, -0.25) is 5.43 Å². The topological polar surface area (TPSA) is 144 Å². The zero-order chi connectivity index (χ0) is 24.7. The first-order valence-electron chi connectivity index (χ1n) is 10.3. The van der Waals surface area contributed by atoms with E-state index in [2.05, 4.69) is 37.1 Å². The maximum atomic E-state index is 12.3. The van der Waals surface area contributed by atoms with E-state index in [-0.39, 0.29) is 12.2 Å². The van der Waals surface area contributed by atoms with Crippen molar-refractivity contribution in [3.05, 3.63) is 57.6 Å². The molecule has 0 bridgehead atoms. The van der Waals surface area contributed by atoms with Gasteiger partial charge in [-0.25, -0.2) is 9.59 Å². The highest BCUT2D eigenvalue weighted by atomic mass is 79.9. The molecule has 2 atom stereocenters. The van der Waals surface area contributed by atoms with Crippen molar-refractivity contribution in [1.82, 2.24) is 16.1 Å². The number of furan rings is 1. The van der Waals surface area contributed by atoms with Gasteiger partial charge in [0.05, 0.1) is 31.5 Å². The second-order valence-corrected chi connectivity index (χ2v) is 7.84. The van der Waals surface area contributed by atoms with Crippen molar-refractivity contribution >= 4 is 34.1 Å². The minimum atomic E-state index is -1.11. The van der Waals surface area contributed by atoms with E-state index in [1.54, 1.807) is 37.3 Å². The van der Waals surface area contributed by atoms with Crippen molar-refractivity contribution in [2.24, 2.45) is 5.10 Å². The van der Waals surface area contributed by atoms with Gasteiger partial charge in [0.2, 0.25) is 0 Å². The first-order valence-corrected chi connectivity index (χ1v) is 11.1. The number of urea groups is 1. The van der Waals surface area contributed by atoms with E-state index < -0.39 is 24.3 Å². The van der Waals surface area contributed by atoms with E-state index >= 15 is 0 Å². The minimum absolute atomic E-state index is 0.130. The summed E-state index contributed by atoms with van der Waals surface area (Å²) in [5, 5.41) is 19.3. The smallest absolute Gasteiger partial charge is 0.337 e. The van der Waals surface area contributed by atoms with E-state index in [4.69, 9.17) is 18.6 Å². The zero-order valence-electron chi connectivity index (χ0n) is 18.8. The summed E-state index contributed by atoms with van der Waals surface area (Å²) in [6, 6.07) is 7.24. The van der Waals surface area contributed by atoms with Crippen LogP contribution < -0.4 is 25.5 Å². The summed E-state index contributed by atoms with van der Waals surface area (Å²) in [6.45, 7) is 3.65. The third-order valence-corrected chi connectivity index (χ3v) is 5.11. The van der Waals surface area contributed by atoms with Gasteiger partial charge in [-0.1, -0.05) is 6.07 Å². The highest BCUT2D eigenvalue weighted by molar-refractivity contribution is 9.10. The number of halogens is 1. The number of aliphatic hydroxyl groups excluding tert-OH is 1. The van der Waals surface area contributed by atoms with Crippen LogP contribution in [0.3, 0.4) is 0 Å². The molecule has 1 aliphatic heterocycles. The van der Waals surface area contributed by atoms with E-state index in [1.165, 1.54) is 13.3 Å². The molecule has 0 fully saturated rings. The van der Waals surface area contributed by atoms with Crippen molar-refractivity contribution < 1.29 is 33.3 Å². The van der Waals surface area contributed by atoms with Crippen molar-refractivity contribution in [3.63, 3.8) is 0 Å². The zero-order valence-corrected chi connectivity index (χ0v) is 20.3. The number of hydrogen-bond donors (Lipinski definition) is 4. The van der Waals surface area contributed by atoms with Crippen molar-refractivity contribution in [3.8, 4) is 11.5 Å². The Kier molecular flexibility index (Phi) is 8.55. The first-order chi connectivity index (χ1) is 16.3. The quantitative estimate of drug-likeness (QED) is 0.157. The maximum absolute atomic E-state index is 12.3. The van der Waals surface area contributed by atoms with Crippen LogP contribution in [0.2, 0.25) is 0 Å². The van der Waals surface area contributed by atoms with E-state index in [1.807, 2.05) is 6.92 Å². The van der Waals surface area contributed by atoms with E-state index in [9.17, 15) is 14.7 Å². The number of methoxy groups -OCH3 is 1. The molecular weight excluding hydrogens is 512 g/mol. The summed E-state index contributed by atoms with van der Waals surface area (Å²) in [4.78, 5) is 24.3. The molecule has 182 valence electrons. The molecule has 2 aromatic rings. The normalized spacial score (nSPS) is 16.6. The molecule has 1 aromatic heterocycles. The van der Waals surface area contributed by atoms with Gasteiger partial charge < -0.3 is 34.4 Å². The minimum Gasteiger partial charge on any atom is -0.490 e. The van der Waals surface area contributed by atoms with Crippen LogP contribution in [-0.4, -0.2) is 49.9 Å². The van der Waals surface area contributed by atoms with Crippen LogP contribution in [-0.2, 0) is 9.53 Å². The summed E-state index contributed by atoms with van der Waals surface area (Å²) in [7, 11) is 1.27. The maximum Gasteiger partial charge on any atom is 0.337 e. The molecule has 12 heteroatoms. The third kappa shape index (κ3) is 6.29. The average molecular weight is 537 g/mol. The highest BCUT2D eigenvalue weighted by Crippen LogP contribution is 2.34. The third-order valence-electron chi connectivity index (χ3n) is 4.68. The molecule has 34 heavy (non-hydrogen) atoms. The lowest BCUT2D eigenvalue weighted by Gasteiger charge is -2.28. The lowest BCUT2D eigenvalue weighted by molar-refractivity contribution is -0.136. The number of hydrazone groups is 1. The van der Waals surface area contributed by atoms with Crippen LogP contribution in [0.1, 0.15) is 31.2 Å². The molecule has 0 spiro atoms. The Morgan fingerprint density at radius 2 is 2.12 bits per heavy atom. The van der Waals surface area contributed by atoms with Crippen LogP contribution in [0.25, 0.3) is 0 Å². The molecule has 0 saturated carbocycles. The molecule has 0 saturated heterocycles. The second kappa shape index (κ2) is 11.6. The predicted octanol–water partition coefficient (Wildman–Crippen LogP) is 2.56. The molecule has 3 rings (SSSR count). The summed E-state index contributed by atoms with van der Waals surface area (Å²) in [5.41, 5.74) is 3.80. The molecular formula is C22H25BrN4O7. The number of nitrogens with one attached hydrogen (secondary N) is 3. The van der Waals surface area contributed by atoms with Gasteiger partial charge in [0.15, 0.2) is 22.4 Å². The Labute approximate surface area is 204 Å². The number of rotatable bonds is 10. The van der Waals surface area contributed by atoms with Crippen molar-refractivity contribution in [2.45, 2.75) is 26.1 Å². The summed E-state index contributed by atoms with van der Waals surface area (Å²) < 4.78 is 22.1. The molecule has 2 heterocycles. The summed E-state index contributed by atoms with van der Waals surface area (Å²) >= 11 is 3.19. The number of benzene rings is 1. The SMILES string of the molecule is CCOc1cc([C@@H]2NC(=O)NC(C)=C2C(=O)OC)ccc1OC[C@@H](O)N/N=C\c1ccc(Br)o1. The number of nitrogens with zero attached hydrogens (tertiary/aromatic N) is 1. The van der Waals surface area contributed by atoms with Gasteiger partial charge in [0.1, 0.15) is 12.4 Å². The number of allylic oxidation sites excluding steroid dienone is 1. The Hall–Kier alpha value is -3.51. The Bertz CT molecular complexity index is 1100. The standard InChI is InChI=1S/C22H25BrN4O7/c1-4-32-16-9-13(20-19(21(29)31-3)12(2)25-22(30)26-20)5-7-15(16)33-11-18(28)27-24-10-14-6-8-17(23)34-14/h5-10,18,20,27-28H,4,11H2,1-3H3,(H2,25,26,30)/b24-10-/t18-,20+/m1/s1. The fourth-order valence-electron chi connectivity index (χ4n) is 3.21. The number of carbonyl (C=O) groups is 2. The van der Waals surface area contributed by atoms with Gasteiger partial charge in [0, 0.05) is 5.70 Å². The van der Waals surface area contributed by atoms with Crippen LogP contribution in [0.15, 0.2) is 55.8 Å². The molecule has 0 unspecified atom stereocenters. The van der Waals surface area contributed by atoms with Crippen LogP contribution in [0.4, 0.5) is 4.79 Å². The predicted molar refractivity (Wildman–Crippen MR) is 125 cm³/mol. The van der Waals surface area contributed by atoms with Crippen LogP contribution >= 0.6 is 15.9 Å². The molecule has 0 radical (unpaired) electrons. The number of esters is 1. The van der Waals surface area contributed by atoms with Crippen LogP contribution in [0.5, 0.6) is 11.5 Å². The van der Waals surface area contributed by atoms with Gasteiger partial charge in [-0.05, 0) is 59.6 Å². The molecule has 2 amide bonds. The summed E-state index contributed by atoms with van der Waals surface area (Å²) in [5.74, 6) is 0.684. The largest absolute Gasteiger partial charge is 0.490 e. The number of amides is 2. The lowest BCUT2D eigenvalue weighted by atomic mass is 9.95. The Balaban J connectivity index is 1.72. The second-order valence-electron chi connectivity index (χ2n) is 7.06. The number of hydrogen-bond acceptors (Lipinski definition) is 9. The highest BCUT2D eigenvalue weighted by Gasteiger charge is 2.32. The fraction of sp³-hybridized carbons (Fsp3) is 0.318. The lowest BCUT2D eigenvalue weighted by Crippen LogP contribution is -2.45.